The quantitative estimate of drug-likeness (QED) is 0.591. The van der Waals surface area contributed by atoms with Gasteiger partial charge in [0.15, 0.2) is 0 Å². The third-order valence-electron chi connectivity index (χ3n) is 5.42. The highest BCUT2D eigenvalue weighted by molar-refractivity contribution is 5.95. The molecule has 0 saturated heterocycles. The molecule has 2 aromatic carbocycles. The van der Waals surface area contributed by atoms with Gasteiger partial charge in [0.25, 0.3) is 11.8 Å². The van der Waals surface area contributed by atoms with Crippen LogP contribution in [0.2, 0.25) is 0 Å². The summed E-state index contributed by atoms with van der Waals surface area (Å²) in [6.45, 7) is 8.22. The van der Waals surface area contributed by atoms with Crippen LogP contribution in [0.5, 0.6) is 0 Å². The Hall–Kier alpha value is -3.48. The second-order valence-electron chi connectivity index (χ2n) is 8.38. The van der Waals surface area contributed by atoms with Gasteiger partial charge in [0.2, 0.25) is 0 Å². The number of carbonyl (C=O) groups excluding carboxylic acids is 2. The molecule has 0 aliphatic carbocycles. The van der Waals surface area contributed by atoms with Crippen LogP contribution in [-0.4, -0.2) is 39.6 Å². The van der Waals surface area contributed by atoms with Gasteiger partial charge in [-0.25, -0.2) is 9.07 Å². The highest BCUT2D eigenvalue weighted by atomic mass is 19.1. The largest absolute Gasteiger partial charge is 0.348 e. The van der Waals surface area contributed by atoms with E-state index in [0.29, 0.717) is 23.4 Å². The molecule has 7 heteroatoms. The van der Waals surface area contributed by atoms with Crippen molar-refractivity contribution in [3.05, 3.63) is 82.9 Å². The number of halogens is 1. The second-order valence-corrected chi connectivity index (χ2v) is 8.38. The Morgan fingerprint density at radius 3 is 2.22 bits per heavy atom. The third-order valence-corrected chi connectivity index (χ3v) is 5.42. The maximum atomic E-state index is 13.3. The minimum atomic E-state index is -0.325. The van der Waals surface area contributed by atoms with Crippen molar-refractivity contribution in [3.63, 3.8) is 0 Å². The van der Waals surface area contributed by atoms with Crippen molar-refractivity contribution in [2.45, 2.75) is 46.2 Å². The fraction of sp³-hybridized carbons (Fsp3) is 0.320. The van der Waals surface area contributed by atoms with Gasteiger partial charge < -0.3 is 10.2 Å². The number of carbonyl (C=O) groups is 2. The van der Waals surface area contributed by atoms with Crippen molar-refractivity contribution in [1.82, 2.24) is 20.0 Å². The number of benzene rings is 2. The van der Waals surface area contributed by atoms with E-state index in [9.17, 15) is 14.0 Å². The molecular weight excluding hydrogens is 407 g/mol. The fourth-order valence-corrected chi connectivity index (χ4v) is 3.36. The molecule has 6 nitrogen and oxygen atoms in total. The second kappa shape index (κ2) is 9.77. The molecule has 1 aromatic heterocycles. The third kappa shape index (κ3) is 5.04. The van der Waals surface area contributed by atoms with Crippen LogP contribution in [0, 0.1) is 5.82 Å². The van der Waals surface area contributed by atoms with Gasteiger partial charge in [-0.15, -0.1) is 0 Å². The Balaban J connectivity index is 1.73. The lowest BCUT2D eigenvalue weighted by Crippen LogP contribution is -2.32. The van der Waals surface area contributed by atoms with Crippen LogP contribution < -0.4 is 5.32 Å². The van der Waals surface area contributed by atoms with Crippen LogP contribution in [0.3, 0.4) is 0 Å². The highest BCUT2D eigenvalue weighted by Crippen LogP contribution is 2.23. The topological polar surface area (TPSA) is 67.2 Å². The van der Waals surface area contributed by atoms with Crippen LogP contribution >= 0.6 is 0 Å². The first-order valence-corrected chi connectivity index (χ1v) is 10.7. The minimum absolute atomic E-state index is 0.0338. The van der Waals surface area contributed by atoms with Gasteiger partial charge in [0.1, 0.15) is 5.82 Å². The zero-order valence-electron chi connectivity index (χ0n) is 19.1. The van der Waals surface area contributed by atoms with Gasteiger partial charge in [0.05, 0.1) is 23.1 Å². The molecule has 0 unspecified atom stereocenters. The molecule has 0 atom stereocenters. The van der Waals surface area contributed by atoms with Crippen molar-refractivity contribution in [2.24, 2.45) is 0 Å². The van der Waals surface area contributed by atoms with Crippen LogP contribution in [0.25, 0.3) is 5.69 Å². The number of hydrogen-bond donors (Lipinski definition) is 1. The molecule has 168 valence electrons. The summed E-state index contributed by atoms with van der Waals surface area (Å²) in [6.07, 6.45) is 1.54. The number of amides is 2. The van der Waals surface area contributed by atoms with Gasteiger partial charge in [-0.1, -0.05) is 26.0 Å². The van der Waals surface area contributed by atoms with Crippen molar-refractivity contribution in [2.75, 3.05) is 7.05 Å². The van der Waals surface area contributed by atoms with Gasteiger partial charge in [-0.2, -0.15) is 5.10 Å². The van der Waals surface area contributed by atoms with E-state index < -0.39 is 0 Å². The van der Waals surface area contributed by atoms with E-state index in [-0.39, 0.29) is 29.6 Å². The van der Waals surface area contributed by atoms with Gasteiger partial charge >= 0.3 is 0 Å². The maximum Gasteiger partial charge on any atom is 0.255 e. The summed E-state index contributed by atoms with van der Waals surface area (Å²) in [5.41, 5.74) is 3.43. The molecule has 0 saturated carbocycles. The van der Waals surface area contributed by atoms with Gasteiger partial charge in [0, 0.05) is 25.2 Å². The van der Waals surface area contributed by atoms with Gasteiger partial charge in [-0.3, -0.25) is 9.59 Å². The molecule has 0 spiro atoms. The summed E-state index contributed by atoms with van der Waals surface area (Å²) in [5.74, 6) is -0.563. The average molecular weight is 437 g/mol. The molecule has 0 aliphatic heterocycles. The van der Waals surface area contributed by atoms with E-state index in [2.05, 4.69) is 10.4 Å². The molecular formula is C25H29FN4O2. The van der Waals surface area contributed by atoms with Crippen LogP contribution in [-0.2, 0) is 6.54 Å². The van der Waals surface area contributed by atoms with E-state index in [4.69, 9.17) is 0 Å². The highest BCUT2D eigenvalue weighted by Gasteiger charge is 2.21. The molecule has 3 rings (SSSR count). The summed E-state index contributed by atoms with van der Waals surface area (Å²) in [4.78, 5) is 27.0. The van der Waals surface area contributed by atoms with Crippen molar-refractivity contribution < 1.29 is 14.0 Å². The predicted octanol–water partition coefficient (Wildman–Crippen LogP) is 4.55. The lowest BCUT2D eigenvalue weighted by molar-refractivity contribution is 0.0754. The number of nitrogens with zero attached hydrogens (tertiary/aromatic N) is 3. The Labute approximate surface area is 188 Å². The Kier molecular flexibility index (Phi) is 7.08. The average Bonchev–Trinajstić information content (AvgIpc) is 3.23. The summed E-state index contributed by atoms with van der Waals surface area (Å²) in [7, 11) is 1.78. The summed E-state index contributed by atoms with van der Waals surface area (Å²) < 4.78 is 15.0. The maximum absolute atomic E-state index is 13.3. The molecule has 0 bridgehead atoms. The number of rotatable bonds is 7. The molecule has 0 radical (unpaired) electrons. The Morgan fingerprint density at radius 1 is 1.03 bits per heavy atom. The van der Waals surface area contributed by atoms with E-state index in [1.54, 1.807) is 40.9 Å². The Morgan fingerprint density at radius 2 is 1.66 bits per heavy atom. The standard InChI is InChI=1S/C25H29FN4O2/c1-16(2)23-22(15-28-30(23)21-12-10-20(26)11-13-21)24(31)27-14-18-6-8-19(9-7-18)25(32)29(5)17(3)4/h6-13,15-17H,14H2,1-5H3,(H,27,31). The molecule has 32 heavy (non-hydrogen) atoms. The Bertz CT molecular complexity index is 1090. The lowest BCUT2D eigenvalue weighted by Gasteiger charge is -2.21. The van der Waals surface area contributed by atoms with Crippen LogP contribution in [0.15, 0.2) is 54.7 Å². The van der Waals surface area contributed by atoms with Crippen LogP contribution in [0.4, 0.5) is 4.39 Å². The van der Waals surface area contributed by atoms with E-state index in [0.717, 1.165) is 11.3 Å². The monoisotopic (exact) mass is 436 g/mol. The molecule has 0 fully saturated rings. The summed E-state index contributed by atoms with van der Waals surface area (Å²) in [6, 6.07) is 13.4. The SMILES string of the molecule is CC(C)c1c(C(=O)NCc2ccc(C(=O)N(C)C(C)C)cc2)cnn1-c1ccc(F)cc1. The fourth-order valence-electron chi connectivity index (χ4n) is 3.36. The minimum Gasteiger partial charge on any atom is -0.348 e. The molecule has 2 amide bonds. The molecule has 3 aromatic rings. The smallest absolute Gasteiger partial charge is 0.255 e. The van der Waals surface area contributed by atoms with Crippen molar-refractivity contribution >= 4 is 11.8 Å². The van der Waals surface area contributed by atoms with E-state index >= 15 is 0 Å². The van der Waals surface area contributed by atoms with Crippen LogP contribution in [0.1, 0.15) is 65.6 Å². The first-order valence-electron chi connectivity index (χ1n) is 10.7. The number of aromatic nitrogens is 2. The molecule has 1 heterocycles. The first-order chi connectivity index (χ1) is 15.2. The van der Waals surface area contributed by atoms with E-state index in [1.807, 2.05) is 39.8 Å². The van der Waals surface area contributed by atoms with Gasteiger partial charge in [-0.05, 0) is 61.7 Å². The summed E-state index contributed by atoms with van der Waals surface area (Å²) >= 11 is 0. The molecule has 0 aliphatic rings. The van der Waals surface area contributed by atoms with E-state index in [1.165, 1.54) is 18.3 Å². The molecule has 1 N–H and O–H groups in total. The normalized spacial score (nSPS) is 11.1. The van der Waals surface area contributed by atoms with Crippen molar-refractivity contribution in [3.8, 4) is 5.69 Å². The summed E-state index contributed by atoms with van der Waals surface area (Å²) in [5, 5.41) is 7.29. The first kappa shape index (κ1) is 23.2. The van der Waals surface area contributed by atoms with Crippen molar-refractivity contribution in [1.29, 1.82) is 0 Å². The number of hydrogen-bond acceptors (Lipinski definition) is 3. The zero-order chi connectivity index (χ0) is 23.4. The lowest BCUT2D eigenvalue weighted by atomic mass is 10.0. The number of nitrogens with one attached hydrogen (secondary N) is 1. The zero-order valence-corrected chi connectivity index (χ0v) is 19.1. The predicted molar refractivity (Wildman–Crippen MR) is 122 cm³/mol.